The fourth-order valence-electron chi connectivity index (χ4n) is 2.34. The van der Waals surface area contributed by atoms with Crippen molar-refractivity contribution in [2.45, 2.75) is 19.6 Å². The Bertz CT molecular complexity index is 403. The van der Waals surface area contributed by atoms with Crippen molar-refractivity contribution in [2.75, 3.05) is 26.8 Å². The van der Waals surface area contributed by atoms with Crippen LogP contribution in [0.25, 0.3) is 0 Å². The zero-order valence-electron chi connectivity index (χ0n) is 11.1. The van der Waals surface area contributed by atoms with Crippen LogP contribution in [0.2, 0.25) is 0 Å². The Balaban J connectivity index is 1.99. The van der Waals surface area contributed by atoms with Crippen molar-refractivity contribution in [1.29, 1.82) is 0 Å². The minimum atomic E-state index is 0.764. The quantitative estimate of drug-likeness (QED) is 0.744. The van der Waals surface area contributed by atoms with Crippen molar-refractivity contribution in [3.8, 4) is 0 Å². The van der Waals surface area contributed by atoms with E-state index in [1.807, 2.05) is 6.08 Å². The van der Waals surface area contributed by atoms with Gasteiger partial charge in [-0.05, 0) is 16.7 Å². The van der Waals surface area contributed by atoms with Crippen LogP contribution in [-0.2, 0) is 24.4 Å². The number of methoxy groups -OCH3 is 1. The van der Waals surface area contributed by atoms with Gasteiger partial charge in [0.05, 0.1) is 6.61 Å². The molecule has 18 heavy (non-hydrogen) atoms. The van der Waals surface area contributed by atoms with Crippen molar-refractivity contribution in [2.24, 2.45) is 0 Å². The summed E-state index contributed by atoms with van der Waals surface area (Å²) in [6.45, 7) is 9.40. The highest BCUT2D eigenvalue weighted by Crippen LogP contribution is 2.18. The van der Waals surface area contributed by atoms with Gasteiger partial charge in [-0.15, -0.1) is 6.58 Å². The standard InChI is InChI=1S/C15H22N2O/c1-3-6-17(7-8-18-2)12-13-4-5-14-10-16-11-15(14)9-13/h3-5,9,16H,1,6-8,10-12H2,2H3. The lowest BCUT2D eigenvalue weighted by Crippen LogP contribution is -2.27. The Hall–Kier alpha value is -1.16. The number of benzene rings is 1. The molecule has 0 aromatic heterocycles. The molecule has 1 aromatic rings. The average Bonchev–Trinajstić information content (AvgIpc) is 2.83. The Morgan fingerprint density at radius 2 is 2.22 bits per heavy atom. The van der Waals surface area contributed by atoms with Crippen LogP contribution >= 0.6 is 0 Å². The third-order valence-corrected chi connectivity index (χ3v) is 3.31. The number of hydrogen-bond acceptors (Lipinski definition) is 3. The molecule has 1 aliphatic rings. The summed E-state index contributed by atoms with van der Waals surface area (Å²) in [4.78, 5) is 2.35. The molecule has 98 valence electrons. The molecule has 1 aromatic carbocycles. The van der Waals surface area contributed by atoms with Gasteiger partial charge in [-0.3, -0.25) is 4.90 Å². The molecule has 2 rings (SSSR count). The molecule has 0 saturated heterocycles. The summed E-state index contributed by atoms with van der Waals surface area (Å²) in [7, 11) is 1.74. The topological polar surface area (TPSA) is 24.5 Å². The number of hydrogen-bond donors (Lipinski definition) is 1. The number of rotatable bonds is 7. The van der Waals surface area contributed by atoms with Crippen LogP contribution in [0, 0.1) is 0 Å². The largest absolute Gasteiger partial charge is 0.383 e. The zero-order chi connectivity index (χ0) is 12.8. The van der Waals surface area contributed by atoms with E-state index in [0.29, 0.717) is 0 Å². The predicted molar refractivity (Wildman–Crippen MR) is 74.3 cm³/mol. The van der Waals surface area contributed by atoms with E-state index >= 15 is 0 Å². The van der Waals surface area contributed by atoms with Gasteiger partial charge < -0.3 is 10.1 Å². The van der Waals surface area contributed by atoms with E-state index in [1.54, 1.807) is 7.11 Å². The molecule has 0 atom stereocenters. The van der Waals surface area contributed by atoms with Crippen molar-refractivity contribution in [1.82, 2.24) is 10.2 Å². The van der Waals surface area contributed by atoms with E-state index in [1.165, 1.54) is 16.7 Å². The number of nitrogens with one attached hydrogen (secondary N) is 1. The highest BCUT2D eigenvalue weighted by atomic mass is 16.5. The summed E-state index contributed by atoms with van der Waals surface area (Å²) in [5.74, 6) is 0. The van der Waals surface area contributed by atoms with Gasteiger partial charge in [-0.1, -0.05) is 24.3 Å². The minimum absolute atomic E-state index is 0.764. The van der Waals surface area contributed by atoms with E-state index in [9.17, 15) is 0 Å². The molecule has 0 bridgehead atoms. The Morgan fingerprint density at radius 3 is 3.00 bits per heavy atom. The van der Waals surface area contributed by atoms with E-state index in [-0.39, 0.29) is 0 Å². The van der Waals surface area contributed by atoms with Gasteiger partial charge in [0, 0.05) is 39.8 Å². The summed E-state index contributed by atoms with van der Waals surface area (Å²) in [6.07, 6.45) is 1.95. The second-order valence-corrected chi connectivity index (χ2v) is 4.72. The average molecular weight is 246 g/mol. The first kappa shape index (κ1) is 13.3. The maximum atomic E-state index is 5.14. The first-order valence-corrected chi connectivity index (χ1v) is 6.47. The van der Waals surface area contributed by atoms with E-state index < -0.39 is 0 Å². The normalized spacial score (nSPS) is 13.9. The lowest BCUT2D eigenvalue weighted by atomic mass is 10.1. The molecule has 1 N–H and O–H groups in total. The lowest BCUT2D eigenvalue weighted by molar-refractivity contribution is 0.151. The number of nitrogens with zero attached hydrogens (tertiary/aromatic N) is 1. The molecule has 1 aliphatic heterocycles. The molecule has 1 heterocycles. The highest BCUT2D eigenvalue weighted by Gasteiger charge is 2.11. The molecular formula is C15H22N2O. The summed E-state index contributed by atoms with van der Waals surface area (Å²) in [6, 6.07) is 6.79. The molecule has 0 radical (unpaired) electrons. The molecule has 3 heteroatoms. The second-order valence-electron chi connectivity index (χ2n) is 4.72. The molecule has 3 nitrogen and oxygen atoms in total. The summed E-state index contributed by atoms with van der Waals surface area (Å²) < 4.78 is 5.14. The SMILES string of the molecule is C=CCN(CCOC)Cc1ccc2c(c1)CNC2. The van der Waals surface area contributed by atoms with Crippen molar-refractivity contribution < 1.29 is 4.74 Å². The van der Waals surface area contributed by atoms with Gasteiger partial charge in [0.15, 0.2) is 0 Å². The van der Waals surface area contributed by atoms with Crippen molar-refractivity contribution in [3.05, 3.63) is 47.5 Å². The zero-order valence-corrected chi connectivity index (χ0v) is 11.1. The van der Waals surface area contributed by atoms with Crippen molar-refractivity contribution in [3.63, 3.8) is 0 Å². The van der Waals surface area contributed by atoms with Crippen LogP contribution in [0.5, 0.6) is 0 Å². The first-order chi connectivity index (χ1) is 8.83. The number of ether oxygens (including phenoxy) is 1. The molecule has 0 amide bonds. The smallest absolute Gasteiger partial charge is 0.0589 e. The molecule has 0 fully saturated rings. The van der Waals surface area contributed by atoms with Crippen LogP contribution in [0.15, 0.2) is 30.9 Å². The van der Waals surface area contributed by atoms with Gasteiger partial charge in [0.25, 0.3) is 0 Å². The summed E-state index contributed by atoms with van der Waals surface area (Å²) in [5.41, 5.74) is 4.25. The van der Waals surface area contributed by atoms with Gasteiger partial charge >= 0.3 is 0 Å². The Kier molecular flexibility index (Phi) is 4.93. The number of fused-ring (bicyclic) bond motifs is 1. The lowest BCUT2D eigenvalue weighted by Gasteiger charge is -2.20. The van der Waals surface area contributed by atoms with Crippen LogP contribution < -0.4 is 5.32 Å². The van der Waals surface area contributed by atoms with Crippen LogP contribution in [0.3, 0.4) is 0 Å². The monoisotopic (exact) mass is 246 g/mol. The maximum absolute atomic E-state index is 5.14. The fourth-order valence-corrected chi connectivity index (χ4v) is 2.34. The fraction of sp³-hybridized carbons (Fsp3) is 0.467. The Morgan fingerprint density at radius 1 is 1.39 bits per heavy atom. The third-order valence-electron chi connectivity index (χ3n) is 3.31. The van der Waals surface area contributed by atoms with Gasteiger partial charge in [0.1, 0.15) is 0 Å². The predicted octanol–water partition coefficient (Wildman–Crippen LogP) is 1.92. The molecule has 0 spiro atoms. The molecule has 0 unspecified atom stereocenters. The maximum Gasteiger partial charge on any atom is 0.0589 e. The van der Waals surface area contributed by atoms with E-state index in [4.69, 9.17) is 4.74 Å². The van der Waals surface area contributed by atoms with Crippen LogP contribution in [-0.4, -0.2) is 31.7 Å². The second kappa shape index (κ2) is 6.69. The van der Waals surface area contributed by atoms with E-state index in [0.717, 1.165) is 39.3 Å². The summed E-state index contributed by atoms with van der Waals surface area (Å²) in [5, 5.41) is 3.38. The van der Waals surface area contributed by atoms with Gasteiger partial charge in [-0.25, -0.2) is 0 Å². The molecule has 0 aliphatic carbocycles. The minimum Gasteiger partial charge on any atom is -0.383 e. The van der Waals surface area contributed by atoms with Crippen LogP contribution in [0.4, 0.5) is 0 Å². The van der Waals surface area contributed by atoms with Crippen LogP contribution in [0.1, 0.15) is 16.7 Å². The third kappa shape index (κ3) is 3.42. The molecular weight excluding hydrogens is 224 g/mol. The highest BCUT2D eigenvalue weighted by molar-refractivity contribution is 5.34. The Labute approximate surface area is 109 Å². The van der Waals surface area contributed by atoms with E-state index in [2.05, 4.69) is 35.0 Å². The molecule has 0 saturated carbocycles. The summed E-state index contributed by atoms with van der Waals surface area (Å²) >= 11 is 0. The van der Waals surface area contributed by atoms with Gasteiger partial charge in [0.2, 0.25) is 0 Å². The first-order valence-electron chi connectivity index (χ1n) is 6.47. The van der Waals surface area contributed by atoms with Gasteiger partial charge in [-0.2, -0.15) is 0 Å². The van der Waals surface area contributed by atoms with Crippen molar-refractivity contribution >= 4 is 0 Å².